The summed E-state index contributed by atoms with van der Waals surface area (Å²) in [4.78, 5) is 9.90. The second kappa shape index (κ2) is 5.17. The van der Waals surface area contributed by atoms with Crippen LogP contribution in [-0.2, 0) is 11.0 Å². The number of rotatable bonds is 1. The summed E-state index contributed by atoms with van der Waals surface area (Å²) in [5, 5.41) is 0. The van der Waals surface area contributed by atoms with Crippen molar-refractivity contribution in [2.45, 2.75) is 6.18 Å². The van der Waals surface area contributed by atoms with Crippen LogP contribution >= 0.6 is 0 Å². The molecule has 0 N–H and O–H groups in total. The van der Waals surface area contributed by atoms with E-state index < -0.39 is 11.7 Å². The van der Waals surface area contributed by atoms with Crippen molar-refractivity contribution < 1.29 is 18.0 Å². The van der Waals surface area contributed by atoms with Crippen molar-refractivity contribution in [1.82, 2.24) is 0 Å². The third-order valence-electron chi connectivity index (χ3n) is 1.66. The smallest absolute Gasteiger partial charge is 0.299 e. The van der Waals surface area contributed by atoms with Crippen molar-refractivity contribution in [2.24, 2.45) is 0 Å². The molecular formula is C12H7F3O. The molecule has 0 aliphatic rings. The molecule has 0 heterocycles. The number of halogens is 3. The topological polar surface area (TPSA) is 17.1 Å². The zero-order valence-corrected chi connectivity index (χ0v) is 8.08. The van der Waals surface area contributed by atoms with E-state index in [1.54, 1.807) is 0 Å². The average molecular weight is 224 g/mol. The first-order valence-corrected chi connectivity index (χ1v) is 4.33. The van der Waals surface area contributed by atoms with Crippen LogP contribution in [-0.4, -0.2) is 6.29 Å². The maximum Gasteiger partial charge on any atom is 0.416 e. The van der Waals surface area contributed by atoms with Gasteiger partial charge in [0.2, 0.25) is 0 Å². The first-order valence-electron chi connectivity index (χ1n) is 4.33. The van der Waals surface area contributed by atoms with Crippen molar-refractivity contribution in [3.8, 4) is 11.8 Å². The third kappa shape index (κ3) is 3.62. The number of carbonyl (C=O) groups excluding carboxylic acids is 1. The first-order chi connectivity index (χ1) is 7.54. The maximum absolute atomic E-state index is 12.3. The summed E-state index contributed by atoms with van der Waals surface area (Å²) < 4.78 is 36.9. The Bertz CT molecular complexity index is 461. The molecule has 0 bridgehead atoms. The van der Waals surface area contributed by atoms with Gasteiger partial charge < -0.3 is 0 Å². The number of alkyl halides is 3. The Morgan fingerprint density at radius 2 is 2.00 bits per heavy atom. The van der Waals surface area contributed by atoms with Crippen LogP contribution in [0.2, 0.25) is 0 Å². The normalized spacial score (nSPS) is 10.9. The highest BCUT2D eigenvalue weighted by Gasteiger charge is 2.30. The molecule has 0 aliphatic heterocycles. The number of hydrogen-bond acceptors (Lipinski definition) is 1. The number of benzene rings is 1. The molecule has 0 aromatic heterocycles. The lowest BCUT2D eigenvalue weighted by Crippen LogP contribution is -2.04. The Hall–Kier alpha value is -2.02. The molecule has 82 valence electrons. The van der Waals surface area contributed by atoms with Crippen molar-refractivity contribution >= 4 is 6.29 Å². The highest BCUT2D eigenvalue weighted by molar-refractivity contribution is 5.65. The van der Waals surface area contributed by atoms with Crippen molar-refractivity contribution in [1.29, 1.82) is 0 Å². The number of aldehydes is 1. The molecule has 0 saturated heterocycles. The lowest BCUT2D eigenvalue weighted by molar-refractivity contribution is -0.137. The van der Waals surface area contributed by atoms with E-state index in [0.717, 1.165) is 12.1 Å². The van der Waals surface area contributed by atoms with Gasteiger partial charge in [-0.2, -0.15) is 13.2 Å². The van der Waals surface area contributed by atoms with Crippen LogP contribution in [0.15, 0.2) is 36.4 Å². The van der Waals surface area contributed by atoms with E-state index in [1.165, 1.54) is 24.3 Å². The monoisotopic (exact) mass is 224 g/mol. The molecule has 0 unspecified atom stereocenters. The average Bonchev–Trinajstić information content (AvgIpc) is 2.24. The van der Waals surface area contributed by atoms with Gasteiger partial charge in [-0.25, -0.2) is 0 Å². The fourth-order valence-electron chi connectivity index (χ4n) is 0.986. The van der Waals surface area contributed by atoms with Gasteiger partial charge in [-0.15, -0.1) is 0 Å². The van der Waals surface area contributed by atoms with E-state index in [0.29, 0.717) is 6.29 Å². The standard InChI is InChI=1S/C12H7F3O/c13-12(14,15)11-7-4-6-10(9-11)5-2-1-3-8-16/h1,3-4,6-9H/b3-1+. The largest absolute Gasteiger partial charge is 0.416 e. The van der Waals surface area contributed by atoms with E-state index in [-0.39, 0.29) is 5.56 Å². The van der Waals surface area contributed by atoms with Crippen LogP contribution in [0.25, 0.3) is 0 Å². The highest BCUT2D eigenvalue weighted by Crippen LogP contribution is 2.29. The predicted octanol–water partition coefficient (Wildman–Crippen LogP) is 2.81. The van der Waals surface area contributed by atoms with Crippen LogP contribution in [0.1, 0.15) is 11.1 Å². The lowest BCUT2D eigenvalue weighted by Gasteiger charge is -2.05. The minimum Gasteiger partial charge on any atom is -0.299 e. The summed E-state index contributed by atoms with van der Waals surface area (Å²) in [6.07, 6.45) is -1.38. The Morgan fingerprint density at radius 3 is 2.62 bits per heavy atom. The zero-order chi connectivity index (χ0) is 12.0. The van der Waals surface area contributed by atoms with Gasteiger partial charge in [0.25, 0.3) is 0 Å². The number of hydrogen-bond donors (Lipinski definition) is 0. The van der Waals surface area contributed by atoms with Gasteiger partial charge in [-0.1, -0.05) is 17.9 Å². The second-order valence-corrected chi connectivity index (χ2v) is 2.84. The van der Waals surface area contributed by atoms with Crippen molar-refractivity contribution in [3.63, 3.8) is 0 Å². The van der Waals surface area contributed by atoms with Gasteiger partial charge in [-0.3, -0.25) is 4.79 Å². The van der Waals surface area contributed by atoms with Gasteiger partial charge in [0.15, 0.2) is 0 Å². The summed E-state index contributed by atoms with van der Waals surface area (Å²) >= 11 is 0. The van der Waals surface area contributed by atoms with Gasteiger partial charge >= 0.3 is 6.18 Å². The number of allylic oxidation sites excluding steroid dienone is 2. The molecule has 0 amide bonds. The minimum absolute atomic E-state index is 0.255. The van der Waals surface area contributed by atoms with Crippen LogP contribution in [0, 0.1) is 11.8 Å². The fraction of sp³-hybridized carbons (Fsp3) is 0.0833. The van der Waals surface area contributed by atoms with Gasteiger partial charge in [0, 0.05) is 5.56 Å². The molecule has 1 aromatic carbocycles. The maximum atomic E-state index is 12.3. The minimum atomic E-state index is -4.36. The molecule has 1 aromatic rings. The van der Waals surface area contributed by atoms with E-state index in [2.05, 4.69) is 11.8 Å². The van der Waals surface area contributed by atoms with Crippen LogP contribution < -0.4 is 0 Å². The third-order valence-corrected chi connectivity index (χ3v) is 1.66. The Kier molecular flexibility index (Phi) is 3.90. The Balaban J connectivity index is 2.94. The van der Waals surface area contributed by atoms with Crippen molar-refractivity contribution in [3.05, 3.63) is 47.5 Å². The Labute approximate surface area is 90.6 Å². The summed E-state index contributed by atoms with van der Waals surface area (Å²) in [6.45, 7) is 0. The first kappa shape index (κ1) is 12.1. The predicted molar refractivity (Wildman–Crippen MR) is 53.5 cm³/mol. The van der Waals surface area contributed by atoms with Crippen molar-refractivity contribution in [2.75, 3.05) is 0 Å². The van der Waals surface area contributed by atoms with E-state index in [9.17, 15) is 18.0 Å². The quantitative estimate of drug-likeness (QED) is 0.407. The molecule has 0 aliphatic carbocycles. The second-order valence-electron chi connectivity index (χ2n) is 2.84. The van der Waals surface area contributed by atoms with E-state index in [4.69, 9.17) is 0 Å². The van der Waals surface area contributed by atoms with Gasteiger partial charge in [0.05, 0.1) is 5.56 Å². The molecule has 0 saturated carbocycles. The molecule has 1 rings (SSSR count). The molecule has 0 spiro atoms. The van der Waals surface area contributed by atoms with E-state index in [1.807, 2.05) is 0 Å². The Morgan fingerprint density at radius 1 is 1.25 bits per heavy atom. The SMILES string of the molecule is O=C/C=C/C#Cc1cccc(C(F)(F)F)c1. The molecular weight excluding hydrogens is 217 g/mol. The molecule has 1 nitrogen and oxygen atoms in total. The molecule has 0 radical (unpaired) electrons. The lowest BCUT2D eigenvalue weighted by atomic mass is 10.1. The van der Waals surface area contributed by atoms with Crippen LogP contribution in [0.4, 0.5) is 13.2 Å². The summed E-state index contributed by atoms with van der Waals surface area (Å²) in [6, 6.07) is 4.70. The van der Waals surface area contributed by atoms with Crippen LogP contribution in [0.3, 0.4) is 0 Å². The van der Waals surface area contributed by atoms with Gasteiger partial charge in [-0.05, 0) is 30.4 Å². The zero-order valence-electron chi connectivity index (χ0n) is 8.08. The fourth-order valence-corrected chi connectivity index (χ4v) is 0.986. The molecule has 16 heavy (non-hydrogen) atoms. The molecule has 4 heteroatoms. The van der Waals surface area contributed by atoms with Gasteiger partial charge in [0.1, 0.15) is 6.29 Å². The summed E-state index contributed by atoms with van der Waals surface area (Å²) in [5.74, 6) is 4.95. The van der Waals surface area contributed by atoms with E-state index >= 15 is 0 Å². The summed E-state index contributed by atoms with van der Waals surface area (Å²) in [7, 11) is 0. The number of carbonyl (C=O) groups is 1. The molecule has 0 fully saturated rings. The highest BCUT2D eigenvalue weighted by atomic mass is 19.4. The van der Waals surface area contributed by atoms with Crippen LogP contribution in [0.5, 0.6) is 0 Å². The molecule has 0 atom stereocenters. The summed E-state index contributed by atoms with van der Waals surface area (Å²) in [5.41, 5.74) is -0.482.